The van der Waals surface area contributed by atoms with Gasteiger partial charge in [0.2, 0.25) is 0 Å². The zero-order valence-corrected chi connectivity index (χ0v) is 11.1. The number of amides is 2. The molecule has 1 aromatic carbocycles. The van der Waals surface area contributed by atoms with Crippen molar-refractivity contribution in [2.45, 2.75) is 0 Å². The molecule has 0 aliphatic rings. The van der Waals surface area contributed by atoms with Crippen LogP contribution < -0.4 is 10.6 Å². The molecule has 8 heteroatoms. The largest absolute Gasteiger partial charge is 0.478 e. The fourth-order valence-corrected chi connectivity index (χ4v) is 1.89. The third-order valence-corrected chi connectivity index (χ3v) is 2.62. The van der Waals surface area contributed by atoms with E-state index in [9.17, 15) is 9.59 Å². The lowest BCUT2D eigenvalue weighted by Gasteiger charge is -2.07. The molecule has 0 aliphatic heterocycles. The van der Waals surface area contributed by atoms with Crippen molar-refractivity contribution < 1.29 is 14.7 Å². The molecule has 19 heavy (non-hydrogen) atoms. The number of rotatable bonds is 3. The Balaban J connectivity index is 2.10. The highest BCUT2D eigenvalue weighted by atomic mass is 79.9. The predicted octanol–water partition coefficient (Wildman–Crippen LogP) is 2.51. The Kier molecular flexibility index (Phi) is 3.81. The summed E-state index contributed by atoms with van der Waals surface area (Å²) in [6.07, 6.45) is 2.96. The summed E-state index contributed by atoms with van der Waals surface area (Å²) in [7, 11) is 0. The summed E-state index contributed by atoms with van der Waals surface area (Å²) < 4.78 is 0.561. The molecule has 0 spiro atoms. The summed E-state index contributed by atoms with van der Waals surface area (Å²) in [5.74, 6) is -1.07. The fourth-order valence-electron chi connectivity index (χ4n) is 1.40. The lowest BCUT2D eigenvalue weighted by Crippen LogP contribution is -2.19. The summed E-state index contributed by atoms with van der Waals surface area (Å²) in [4.78, 5) is 22.5. The fraction of sp³-hybridized carbons (Fsp3) is 0. The molecular formula is C11H9BrN4O3. The molecule has 7 nitrogen and oxygen atoms in total. The SMILES string of the molecule is O=C(Nc1cn[nH]c1)Nc1cc(Br)cc(C(=O)O)c1. The first-order chi connectivity index (χ1) is 9.04. The molecule has 1 aromatic heterocycles. The van der Waals surface area contributed by atoms with Crippen molar-refractivity contribution in [3.8, 4) is 0 Å². The second-order valence-corrected chi connectivity index (χ2v) is 4.52. The Morgan fingerprint density at radius 1 is 1.21 bits per heavy atom. The maximum atomic E-state index is 11.6. The van der Waals surface area contributed by atoms with Crippen molar-refractivity contribution >= 4 is 39.3 Å². The Morgan fingerprint density at radius 2 is 1.95 bits per heavy atom. The number of carboxylic acid groups (broad SMARTS) is 1. The second-order valence-electron chi connectivity index (χ2n) is 3.60. The number of aromatic amines is 1. The molecule has 0 unspecified atom stereocenters. The number of halogens is 1. The number of urea groups is 1. The molecule has 0 bridgehead atoms. The number of nitrogens with one attached hydrogen (secondary N) is 3. The highest BCUT2D eigenvalue weighted by Crippen LogP contribution is 2.20. The van der Waals surface area contributed by atoms with Gasteiger partial charge in [-0.05, 0) is 18.2 Å². The van der Waals surface area contributed by atoms with Crippen molar-refractivity contribution in [3.63, 3.8) is 0 Å². The van der Waals surface area contributed by atoms with Crippen LogP contribution in [0.3, 0.4) is 0 Å². The number of nitrogens with zero attached hydrogens (tertiary/aromatic N) is 1. The van der Waals surface area contributed by atoms with E-state index in [1.165, 1.54) is 24.5 Å². The van der Waals surface area contributed by atoms with Crippen LogP contribution in [0.5, 0.6) is 0 Å². The van der Waals surface area contributed by atoms with E-state index >= 15 is 0 Å². The van der Waals surface area contributed by atoms with E-state index in [0.717, 1.165) is 0 Å². The Labute approximate surface area is 116 Å². The molecular weight excluding hydrogens is 316 g/mol. The van der Waals surface area contributed by atoms with E-state index in [0.29, 0.717) is 15.8 Å². The summed E-state index contributed by atoms with van der Waals surface area (Å²) in [5.41, 5.74) is 0.951. The molecule has 4 N–H and O–H groups in total. The number of benzene rings is 1. The number of hydrogen-bond donors (Lipinski definition) is 4. The lowest BCUT2D eigenvalue weighted by atomic mass is 10.2. The first-order valence-corrected chi connectivity index (χ1v) is 5.94. The highest BCUT2D eigenvalue weighted by Gasteiger charge is 2.08. The van der Waals surface area contributed by atoms with Crippen molar-refractivity contribution in [3.05, 3.63) is 40.6 Å². The average Bonchev–Trinajstić information content (AvgIpc) is 2.80. The number of anilines is 2. The van der Waals surface area contributed by atoms with E-state index in [-0.39, 0.29) is 5.56 Å². The number of carbonyl (C=O) groups is 2. The highest BCUT2D eigenvalue weighted by molar-refractivity contribution is 9.10. The zero-order valence-electron chi connectivity index (χ0n) is 9.48. The van der Waals surface area contributed by atoms with Crippen molar-refractivity contribution in [2.75, 3.05) is 10.6 Å². The molecule has 0 saturated heterocycles. The van der Waals surface area contributed by atoms with Gasteiger partial charge in [-0.15, -0.1) is 0 Å². The molecule has 2 aromatic rings. The first-order valence-electron chi connectivity index (χ1n) is 5.15. The van der Waals surface area contributed by atoms with Crippen LogP contribution in [-0.2, 0) is 0 Å². The van der Waals surface area contributed by atoms with Crippen LogP contribution in [0.2, 0.25) is 0 Å². The monoisotopic (exact) mass is 324 g/mol. The molecule has 0 fully saturated rings. The number of H-pyrrole nitrogens is 1. The first kappa shape index (κ1) is 13.1. The minimum Gasteiger partial charge on any atom is -0.478 e. The molecule has 2 rings (SSSR count). The van der Waals surface area contributed by atoms with Crippen LogP contribution in [0.15, 0.2) is 35.1 Å². The summed E-state index contributed by atoms with van der Waals surface area (Å²) in [6.45, 7) is 0. The molecule has 2 amide bonds. The Morgan fingerprint density at radius 3 is 2.58 bits per heavy atom. The third-order valence-electron chi connectivity index (χ3n) is 2.16. The second kappa shape index (κ2) is 5.53. The molecule has 1 heterocycles. The maximum Gasteiger partial charge on any atom is 0.335 e. The summed E-state index contributed by atoms with van der Waals surface area (Å²) >= 11 is 3.18. The maximum absolute atomic E-state index is 11.6. The van der Waals surface area contributed by atoms with Gasteiger partial charge in [0.05, 0.1) is 17.4 Å². The van der Waals surface area contributed by atoms with E-state index < -0.39 is 12.0 Å². The van der Waals surface area contributed by atoms with Crippen LogP contribution >= 0.6 is 15.9 Å². The number of carbonyl (C=O) groups excluding carboxylic acids is 1. The van der Waals surface area contributed by atoms with Crippen LogP contribution in [0, 0.1) is 0 Å². The van der Waals surface area contributed by atoms with Gasteiger partial charge in [-0.1, -0.05) is 15.9 Å². The number of aromatic nitrogens is 2. The Bertz CT molecular complexity index is 612. The van der Waals surface area contributed by atoms with Crippen molar-refractivity contribution in [1.29, 1.82) is 0 Å². The van der Waals surface area contributed by atoms with Crippen LogP contribution in [-0.4, -0.2) is 27.3 Å². The number of carboxylic acids is 1. The van der Waals surface area contributed by atoms with Gasteiger partial charge < -0.3 is 15.7 Å². The van der Waals surface area contributed by atoms with Crippen LogP contribution in [0.1, 0.15) is 10.4 Å². The van der Waals surface area contributed by atoms with Crippen LogP contribution in [0.25, 0.3) is 0 Å². The lowest BCUT2D eigenvalue weighted by molar-refractivity contribution is 0.0697. The van der Waals surface area contributed by atoms with Crippen molar-refractivity contribution in [2.24, 2.45) is 0 Å². The predicted molar refractivity (Wildman–Crippen MR) is 72.3 cm³/mol. The molecule has 0 saturated carbocycles. The standard InChI is InChI=1S/C11H9BrN4O3/c12-7-1-6(10(17)18)2-8(3-7)15-11(19)16-9-4-13-14-5-9/h1-5H,(H,13,14)(H,17,18)(H2,15,16,19). The third kappa shape index (κ3) is 3.55. The van der Waals surface area contributed by atoms with E-state index in [1.807, 2.05) is 0 Å². The topological polar surface area (TPSA) is 107 Å². The van der Waals surface area contributed by atoms with Gasteiger partial charge in [0.1, 0.15) is 0 Å². The smallest absolute Gasteiger partial charge is 0.335 e. The van der Waals surface area contributed by atoms with E-state index in [1.54, 1.807) is 6.07 Å². The summed E-state index contributed by atoms with van der Waals surface area (Å²) in [6, 6.07) is 3.92. The van der Waals surface area contributed by atoms with Gasteiger partial charge in [0.25, 0.3) is 0 Å². The van der Waals surface area contributed by atoms with Gasteiger partial charge in [0.15, 0.2) is 0 Å². The Hall–Kier alpha value is -2.35. The molecule has 0 atom stereocenters. The van der Waals surface area contributed by atoms with Gasteiger partial charge in [0, 0.05) is 16.4 Å². The van der Waals surface area contributed by atoms with Gasteiger partial charge in [-0.25, -0.2) is 9.59 Å². The van der Waals surface area contributed by atoms with E-state index in [4.69, 9.17) is 5.11 Å². The van der Waals surface area contributed by atoms with Gasteiger partial charge in [-0.2, -0.15) is 5.10 Å². The number of hydrogen-bond acceptors (Lipinski definition) is 3. The van der Waals surface area contributed by atoms with Gasteiger partial charge in [-0.3, -0.25) is 5.10 Å². The molecule has 0 aliphatic carbocycles. The molecule has 98 valence electrons. The summed E-state index contributed by atoms with van der Waals surface area (Å²) in [5, 5.41) is 20.2. The minimum atomic E-state index is -1.07. The quantitative estimate of drug-likeness (QED) is 0.695. The van der Waals surface area contributed by atoms with Crippen molar-refractivity contribution in [1.82, 2.24) is 10.2 Å². The number of aromatic carboxylic acids is 1. The average molecular weight is 325 g/mol. The molecule has 0 radical (unpaired) electrons. The minimum absolute atomic E-state index is 0.0768. The zero-order chi connectivity index (χ0) is 13.8. The van der Waals surface area contributed by atoms with Crippen LogP contribution in [0.4, 0.5) is 16.2 Å². The van der Waals surface area contributed by atoms with E-state index in [2.05, 4.69) is 36.8 Å². The van der Waals surface area contributed by atoms with Gasteiger partial charge >= 0.3 is 12.0 Å². The normalized spacial score (nSPS) is 9.95.